The summed E-state index contributed by atoms with van der Waals surface area (Å²) in [5.41, 5.74) is 3.77. The first kappa shape index (κ1) is 63.4. The van der Waals surface area contributed by atoms with Crippen molar-refractivity contribution in [1.29, 1.82) is 0 Å². The van der Waals surface area contributed by atoms with E-state index in [0.29, 0.717) is 61.7 Å². The van der Waals surface area contributed by atoms with Crippen molar-refractivity contribution in [2.75, 3.05) is 46.4 Å². The summed E-state index contributed by atoms with van der Waals surface area (Å²) in [5.74, 6) is -4.04. The van der Waals surface area contributed by atoms with Crippen molar-refractivity contribution in [3.63, 3.8) is 0 Å². The van der Waals surface area contributed by atoms with Crippen LogP contribution in [-0.2, 0) is 25.9 Å². The zero-order valence-corrected chi connectivity index (χ0v) is 46.3. The highest BCUT2D eigenvalue weighted by atomic mass is 19.1. The van der Waals surface area contributed by atoms with E-state index in [1.165, 1.54) is 49.6 Å². The molecule has 13 nitrogen and oxygen atoms in total. The Morgan fingerprint density at radius 3 is 1.25 bits per heavy atom. The summed E-state index contributed by atoms with van der Waals surface area (Å²) < 4.78 is 60.9. The first-order valence-electron chi connectivity index (χ1n) is 27.3. The highest BCUT2D eigenvalue weighted by Gasteiger charge is 2.27. The van der Waals surface area contributed by atoms with Crippen molar-refractivity contribution in [3.8, 4) is 5.75 Å². The highest BCUT2D eigenvalue weighted by Crippen LogP contribution is 2.21. The van der Waals surface area contributed by atoms with Crippen LogP contribution in [-0.4, -0.2) is 114 Å². The van der Waals surface area contributed by atoms with Gasteiger partial charge >= 0.3 is 0 Å². The minimum Gasteiger partial charge on any atom is -0.497 e. The molecule has 0 unspecified atom stereocenters. The maximum atomic E-state index is 13.9. The van der Waals surface area contributed by atoms with Gasteiger partial charge in [0.25, 0.3) is 23.6 Å². The zero-order chi connectivity index (χ0) is 58.0. The Kier molecular flexibility index (Phi) is 26.3. The van der Waals surface area contributed by atoms with Crippen molar-refractivity contribution >= 4 is 23.6 Å². The van der Waals surface area contributed by atoms with Gasteiger partial charge in [0.2, 0.25) is 0 Å². The number of carbonyl (C=O) groups is 4. The SMILES string of the molecule is CCCN(CCC)C(=O)c1cc(OC)cc(C(=O)N[C@@H](Cc2cc(F)cc(F)c2)[C@H](O)CNCc2ccccc2)c1.CCCN(CCC)C(=O)c1cccc(C(=O)N[C@@H](Cc2cc(F)cc(F)c2)[C@H](O)CNCc2ccccc2)c1. The van der Waals surface area contributed by atoms with Crippen LogP contribution in [0.15, 0.2) is 140 Å². The summed E-state index contributed by atoms with van der Waals surface area (Å²) in [5, 5.41) is 34.0. The summed E-state index contributed by atoms with van der Waals surface area (Å²) in [6, 6.07) is 34.8. The number of halogens is 4. The summed E-state index contributed by atoms with van der Waals surface area (Å²) in [6.07, 6.45) is 1.07. The Morgan fingerprint density at radius 1 is 0.463 bits per heavy atom. The topological polar surface area (TPSA) is 173 Å². The van der Waals surface area contributed by atoms with E-state index < -0.39 is 59.4 Å². The van der Waals surface area contributed by atoms with Gasteiger partial charge in [-0.2, -0.15) is 0 Å². The number of rotatable bonds is 29. The van der Waals surface area contributed by atoms with Gasteiger partial charge in [0.15, 0.2) is 0 Å². The number of methoxy groups -OCH3 is 1. The summed E-state index contributed by atoms with van der Waals surface area (Å²) in [7, 11) is 1.45. The second-order valence-corrected chi connectivity index (χ2v) is 19.6. The van der Waals surface area contributed by atoms with Crippen LogP contribution in [0.25, 0.3) is 0 Å². The van der Waals surface area contributed by atoms with Crippen LogP contribution in [0.4, 0.5) is 17.6 Å². The smallest absolute Gasteiger partial charge is 0.254 e. The molecule has 6 aromatic carbocycles. The first-order chi connectivity index (χ1) is 38.5. The van der Waals surface area contributed by atoms with Gasteiger partial charge < -0.3 is 46.0 Å². The third kappa shape index (κ3) is 20.7. The molecule has 0 saturated carbocycles. The minimum atomic E-state index is -1.09. The van der Waals surface area contributed by atoms with Crippen LogP contribution in [0.3, 0.4) is 0 Å². The number of nitrogens with zero attached hydrogens (tertiary/aromatic N) is 2. The number of hydrogen-bond acceptors (Lipinski definition) is 9. The molecule has 0 heterocycles. The summed E-state index contributed by atoms with van der Waals surface area (Å²) >= 11 is 0. The molecule has 0 radical (unpaired) electrons. The lowest BCUT2D eigenvalue weighted by Gasteiger charge is -2.25. The Hall–Kier alpha value is -7.44. The molecule has 0 aliphatic rings. The van der Waals surface area contributed by atoms with Gasteiger partial charge in [-0.15, -0.1) is 0 Å². The van der Waals surface area contributed by atoms with E-state index in [1.807, 2.05) is 88.4 Å². The fourth-order valence-corrected chi connectivity index (χ4v) is 9.08. The van der Waals surface area contributed by atoms with E-state index in [2.05, 4.69) is 21.3 Å². The van der Waals surface area contributed by atoms with Gasteiger partial charge in [-0.25, -0.2) is 17.6 Å². The molecule has 0 fully saturated rings. The molecule has 4 atom stereocenters. The number of aliphatic hydroxyl groups excluding tert-OH is 2. The molecule has 6 aromatic rings. The van der Waals surface area contributed by atoms with Crippen molar-refractivity contribution in [3.05, 3.63) is 207 Å². The second kappa shape index (κ2) is 33.2. The molecule has 0 spiro atoms. The number of benzene rings is 6. The molecule has 17 heteroatoms. The van der Waals surface area contributed by atoms with E-state index in [9.17, 15) is 47.0 Å². The quantitative estimate of drug-likeness (QED) is 0.0250. The predicted octanol–water partition coefficient (Wildman–Crippen LogP) is 9.45. The average Bonchev–Trinajstić information content (AvgIpc) is 3.44. The molecule has 6 N–H and O–H groups in total. The van der Waals surface area contributed by atoms with Crippen molar-refractivity contribution in [1.82, 2.24) is 31.1 Å². The van der Waals surface area contributed by atoms with Crippen molar-refractivity contribution in [2.45, 2.75) is 104 Å². The maximum absolute atomic E-state index is 13.9. The standard InChI is InChI=1S/C32H39F2N3O4.C31H37F2N3O3/c1-4-11-37(12-5-2)32(40)25-16-24(17-28(18-25)41-3)31(39)36-29(15-23-13-26(33)19-27(34)14-23)30(38)21-35-20-22-9-7-6-8-10-22;1-3-13-36(14-4-2)31(39)25-12-8-11-24(18-25)30(38)35-28(17-23-15-26(32)19-27(33)16-23)29(37)21-34-20-22-9-6-5-7-10-22/h6-10,13-14,16-19,29-30,35,38H,4-5,11-12,15,20-21H2,1-3H3,(H,36,39);5-12,15-16,18-19,28-29,34,37H,3-4,13-14,17,20-21H2,1-2H3,(H,35,38)/t29-,30+;28-,29+/m00/s1. The summed E-state index contributed by atoms with van der Waals surface area (Å²) in [4.78, 5) is 56.5. The molecular formula is C63H76F4N6O7. The van der Waals surface area contributed by atoms with E-state index in [0.717, 1.165) is 48.9 Å². The molecule has 0 aliphatic carbocycles. The molecule has 0 saturated heterocycles. The van der Waals surface area contributed by atoms with E-state index in [4.69, 9.17) is 4.74 Å². The fraction of sp³-hybridized carbons (Fsp3) is 0.365. The highest BCUT2D eigenvalue weighted by molar-refractivity contribution is 6.01. The van der Waals surface area contributed by atoms with Gasteiger partial charge in [0.1, 0.15) is 29.0 Å². The lowest BCUT2D eigenvalue weighted by Crippen LogP contribution is -2.48. The van der Waals surface area contributed by atoms with E-state index in [-0.39, 0.29) is 54.4 Å². The third-order valence-electron chi connectivity index (χ3n) is 12.9. The molecule has 0 aromatic heterocycles. The number of nitrogens with one attached hydrogen (secondary N) is 4. The normalized spacial score (nSPS) is 12.5. The molecule has 0 bridgehead atoms. The Morgan fingerprint density at radius 2 is 0.838 bits per heavy atom. The van der Waals surface area contributed by atoms with Crippen molar-refractivity contribution < 1.29 is 51.7 Å². The summed E-state index contributed by atoms with van der Waals surface area (Å²) in [6.45, 7) is 11.6. The van der Waals surface area contributed by atoms with Gasteiger partial charge in [0.05, 0.1) is 31.4 Å². The number of amides is 4. The van der Waals surface area contributed by atoms with Crippen LogP contribution in [0.5, 0.6) is 5.75 Å². The lowest BCUT2D eigenvalue weighted by atomic mass is 9.99. The van der Waals surface area contributed by atoms with Gasteiger partial charge in [-0.05, 0) is 121 Å². The largest absolute Gasteiger partial charge is 0.497 e. The van der Waals surface area contributed by atoms with Crippen LogP contribution < -0.4 is 26.0 Å². The number of carbonyl (C=O) groups excluding carboxylic acids is 4. The minimum absolute atomic E-state index is 0.00794. The maximum Gasteiger partial charge on any atom is 0.254 e. The predicted molar refractivity (Wildman–Crippen MR) is 303 cm³/mol. The number of ether oxygens (including phenoxy) is 1. The molecule has 0 aliphatic heterocycles. The molecule has 80 heavy (non-hydrogen) atoms. The van der Waals surface area contributed by atoms with E-state index >= 15 is 0 Å². The number of aliphatic hydroxyl groups is 2. The van der Waals surface area contributed by atoms with Crippen LogP contribution >= 0.6 is 0 Å². The van der Waals surface area contributed by atoms with Crippen LogP contribution in [0, 0.1) is 23.3 Å². The second-order valence-electron chi connectivity index (χ2n) is 19.6. The fourth-order valence-electron chi connectivity index (χ4n) is 9.08. The first-order valence-corrected chi connectivity index (χ1v) is 27.3. The monoisotopic (exact) mass is 1100 g/mol. The molecule has 4 amide bonds. The zero-order valence-electron chi connectivity index (χ0n) is 46.3. The Bertz CT molecular complexity index is 2850. The average molecular weight is 1110 g/mol. The number of hydrogen-bond donors (Lipinski definition) is 6. The van der Waals surface area contributed by atoms with Gasteiger partial charge in [0, 0.05) is 86.7 Å². The van der Waals surface area contributed by atoms with E-state index in [1.54, 1.807) is 34.1 Å². The van der Waals surface area contributed by atoms with Crippen LogP contribution in [0.1, 0.15) is 117 Å². The van der Waals surface area contributed by atoms with Crippen molar-refractivity contribution in [2.24, 2.45) is 0 Å². The molecular weight excluding hydrogens is 1030 g/mol. The third-order valence-corrected chi connectivity index (χ3v) is 12.9. The Balaban J connectivity index is 0.000000294. The molecule has 6 rings (SSSR count). The van der Waals surface area contributed by atoms with Gasteiger partial charge in [-0.3, -0.25) is 19.2 Å². The van der Waals surface area contributed by atoms with Gasteiger partial charge in [-0.1, -0.05) is 94.4 Å². The van der Waals surface area contributed by atoms with Crippen LogP contribution in [0.2, 0.25) is 0 Å². The lowest BCUT2D eigenvalue weighted by molar-refractivity contribution is 0.0747. The molecule has 428 valence electrons. The Labute approximate surface area is 467 Å².